The molecule has 2 rings (SSSR count). The van der Waals surface area contributed by atoms with Crippen LogP contribution in [0.1, 0.15) is 36.7 Å². The van der Waals surface area contributed by atoms with Crippen molar-refractivity contribution in [2.24, 2.45) is 5.92 Å². The van der Waals surface area contributed by atoms with E-state index < -0.39 is 0 Å². The van der Waals surface area contributed by atoms with Gasteiger partial charge in [0.05, 0.1) is 10.7 Å². The van der Waals surface area contributed by atoms with Crippen LogP contribution in [0.2, 0.25) is 5.02 Å². The third-order valence-corrected chi connectivity index (χ3v) is 3.93. The number of nitrogens with one attached hydrogen (secondary N) is 1. The first-order valence-electron chi connectivity index (χ1n) is 7.54. The molecule has 0 bridgehead atoms. The summed E-state index contributed by atoms with van der Waals surface area (Å²) >= 11 is 6.17. The van der Waals surface area contributed by atoms with Crippen LogP contribution < -0.4 is 5.32 Å². The predicted octanol–water partition coefficient (Wildman–Crippen LogP) is 2.37. The van der Waals surface area contributed by atoms with Gasteiger partial charge in [-0.25, -0.2) is 9.67 Å². The zero-order valence-electron chi connectivity index (χ0n) is 13.5. The number of aliphatic hydroxyl groups is 1. The molecular weight excluding hydrogens is 316 g/mol. The average Bonchev–Trinajstić information content (AvgIpc) is 2.89. The summed E-state index contributed by atoms with van der Waals surface area (Å²) < 4.78 is 1.55. The van der Waals surface area contributed by atoms with Crippen molar-refractivity contribution in [1.82, 2.24) is 20.1 Å². The van der Waals surface area contributed by atoms with Crippen LogP contribution in [-0.2, 0) is 0 Å². The van der Waals surface area contributed by atoms with Crippen molar-refractivity contribution < 1.29 is 9.90 Å². The number of para-hydroxylation sites is 1. The van der Waals surface area contributed by atoms with E-state index in [0.29, 0.717) is 23.0 Å². The molecule has 0 aliphatic heterocycles. The third-order valence-electron chi connectivity index (χ3n) is 3.61. The highest BCUT2D eigenvalue weighted by atomic mass is 35.5. The fourth-order valence-corrected chi connectivity index (χ4v) is 2.50. The Bertz CT molecular complexity index is 684. The molecule has 124 valence electrons. The van der Waals surface area contributed by atoms with Crippen molar-refractivity contribution >= 4 is 17.5 Å². The van der Waals surface area contributed by atoms with Crippen LogP contribution in [0.25, 0.3) is 5.69 Å². The first-order valence-corrected chi connectivity index (χ1v) is 7.92. The Morgan fingerprint density at radius 3 is 2.70 bits per heavy atom. The lowest BCUT2D eigenvalue weighted by Crippen LogP contribution is -2.39. The molecule has 0 radical (unpaired) electrons. The van der Waals surface area contributed by atoms with Crippen LogP contribution in [0.15, 0.2) is 24.3 Å². The SMILES string of the molecule is Cc1nc(C(=O)NC(CCO)C(C)C)nn1-c1ccccc1Cl. The quantitative estimate of drug-likeness (QED) is 0.848. The van der Waals surface area contributed by atoms with Gasteiger partial charge in [-0.15, -0.1) is 5.10 Å². The molecule has 1 aromatic carbocycles. The highest BCUT2D eigenvalue weighted by Gasteiger charge is 2.21. The summed E-state index contributed by atoms with van der Waals surface area (Å²) in [5, 5.41) is 16.8. The molecule has 1 atom stereocenters. The highest BCUT2D eigenvalue weighted by molar-refractivity contribution is 6.32. The van der Waals surface area contributed by atoms with Gasteiger partial charge >= 0.3 is 0 Å². The number of hydrogen-bond acceptors (Lipinski definition) is 4. The maximum absolute atomic E-state index is 12.4. The van der Waals surface area contributed by atoms with E-state index in [4.69, 9.17) is 16.7 Å². The summed E-state index contributed by atoms with van der Waals surface area (Å²) in [5.74, 6) is 0.515. The number of carbonyl (C=O) groups excluding carboxylic acids is 1. The second-order valence-corrected chi connectivity index (χ2v) is 6.09. The topological polar surface area (TPSA) is 80.0 Å². The molecule has 2 N–H and O–H groups in total. The highest BCUT2D eigenvalue weighted by Crippen LogP contribution is 2.20. The van der Waals surface area contributed by atoms with Crippen LogP contribution in [0, 0.1) is 12.8 Å². The zero-order chi connectivity index (χ0) is 17.0. The van der Waals surface area contributed by atoms with Crippen molar-refractivity contribution in [1.29, 1.82) is 0 Å². The smallest absolute Gasteiger partial charge is 0.291 e. The number of aliphatic hydroxyl groups excluding tert-OH is 1. The normalized spacial score (nSPS) is 12.4. The van der Waals surface area contributed by atoms with E-state index in [2.05, 4.69) is 15.4 Å². The second kappa shape index (κ2) is 7.57. The van der Waals surface area contributed by atoms with Gasteiger partial charge < -0.3 is 10.4 Å². The van der Waals surface area contributed by atoms with Crippen molar-refractivity contribution in [3.63, 3.8) is 0 Å². The number of hydrogen-bond donors (Lipinski definition) is 2. The molecule has 6 nitrogen and oxygen atoms in total. The number of aromatic nitrogens is 3. The van der Waals surface area contributed by atoms with Crippen LogP contribution in [0.4, 0.5) is 0 Å². The monoisotopic (exact) mass is 336 g/mol. The van der Waals surface area contributed by atoms with E-state index in [0.717, 1.165) is 0 Å². The minimum absolute atomic E-state index is 0.0175. The summed E-state index contributed by atoms with van der Waals surface area (Å²) in [6.45, 7) is 5.76. The van der Waals surface area contributed by atoms with E-state index in [1.54, 1.807) is 17.7 Å². The molecule has 0 aliphatic carbocycles. The molecule has 1 amide bonds. The van der Waals surface area contributed by atoms with E-state index in [1.165, 1.54) is 0 Å². The van der Waals surface area contributed by atoms with Gasteiger partial charge in [0.25, 0.3) is 5.91 Å². The second-order valence-electron chi connectivity index (χ2n) is 5.68. The van der Waals surface area contributed by atoms with Gasteiger partial charge in [-0.1, -0.05) is 37.6 Å². The first-order chi connectivity index (χ1) is 10.9. The molecule has 0 spiro atoms. The number of rotatable bonds is 6. The summed E-state index contributed by atoms with van der Waals surface area (Å²) in [5.41, 5.74) is 0.675. The Balaban J connectivity index is 2.23. The largest absolute Gasteiger partial charge is 0.396 e. The van der Waals surface area contributed by atoms with E-state index in [-0.39, 0.29) is 30.3 Å². The summed E-state index contributed by atoms with van der Waals surface area (Å²) in [6.07, 6.45) is 0.494. The molecule has 0 saturated carbocycles. The Morgan fingerprint density at radius 2 is 2.09 bits per heavy atom. The number of benzene rings is 1. The van der Waals surface area contributed by atoms with Crippen molar-refractivity contribution in [2.75, 3.05) is 6.61 Å². The maximum atomic E-state index is 12.4. The van der Waals surface area contributed by atoms with Gasteiger partial charge in [-0.05, 0) is 31.4 Å². The molecule has 2 aromatic rings. The Hall–Kier alpha value is -1.92. The van der Waals surface area contributed by atoms with Crippen molar-refractivity contribution in [2.45, 2.75) is 33.2 Å². The fraction of sp³-hybridized carbons (Fsp3) is 0.438. The standard InChI is InChI=1S/C16H21ClN4O2/c1-10(2)13(8-9-22)19-16(23)15-18-11(3)21(20-15)14-7-5-4-6-12(14)17/h4-7,10,13,22H,8-9H2,1-3H3,(H,19,23). The molecule has 1 unspecified atom stereocenters. The van der Waals surface area contributed by atoms with E-state index in [1.807, 2.05) is 32.0 Å². The number of carbonyl (C=O) groups is 1. The molecule has 0 saturated heterocycles. The summed E-state index contributed by atoms with van der Waals surface area (Å²) in [6, 6.07) is 7.12. The van der Waals surface area contributed by atoms with Gasteiger partial charge in [-0.3, -0.25) is 4.79 Å². The first kappa shape index (κ1) is 17.4. The van der Waals surface area contributed by atoms with Gasteiger partial charge in [0.2, 0.25) is 5.82 Å². The van der Waals surface area contributed by atoms with Crippen LogP contribution >= 0.6 is 11.6 Å². The van der Waals surface area contributed by atoms with Gasteiger partial charge in [0, 0.05) is 12.6 Å². The van der Waals surface area contributed by atoms with E-state index >= 15 is 0 Å². The molecule has 1 heterocycles. The lowest BCUT2D eigenvalue weighted by Gasteiger charge is -2.20. The Morgan fingerprint density at radius 1 is 1.39 bits per heavy atom. The Kier molecular flexibility index (Phi) is 5.74. The van der Waals surface area contributed by atoms with Crippen LogP contribution in [0.3, 0.4) is 0 Å². The Labute approximate surface area is 140 Å². The molecule has 23 heavy (non-hydrogen) atoms. The van der Waals surface area contributed by atoms with Gasteiger partial charge in [-0.2, -0.15) is 0 Å². The average molecular weight is 337 g/mol. The zero-order valence-corrected chi connectivity index (χ0v) is 14.2. The van der Waals surface area contributed by atoms with Gasteiger partial charge in [0.1, 0.15) is 5.82 Å². The minimum atomic E-state index is -0.356. The predicted molar refractivity (Wildman–Crippen MR) is 88.9 cm³/mol. The maximum Gasteiger partial charge on any atom is 0.291 e. The summed E-state index contributed by atoms with van der Waals surface area (Å²) in [7, 11) is 0. The van der Waals surface area contributed by atoms with Crippen molar-refractivity contribution in [3.05, 3.63) is 40.9 Å². The number of amides is 1. The lowest BCUT2D eigenvalue weighted by atomic mass is 10.0. The molecule has 0 aliphatic rings. The number of aryl methyl sites for hydroxylation is 1. The summed E-state index contributed by atoms with van der Waals surface area (Å²) in [4.78, 5) is 16.6. The van der Waals surface area contributed by atoms with E-state index in [9.17, 15) is 4.79 Å². The number of halogens is 1. The lowest BCUT2D eigenvalue weighted by molar-refractivity contribution is 0.0906. The minimum Gasteiger partial charge on any atom is -0.396 e. The van der Waals surface area contributed by atoms with Crippen LogP contribution in [-0.4, -0.2) is 38.4 Å². The third kappa shape index (κ3) is 4.09. The van der Waals surface area contributed by atoms with Crippen molar-refractivity contribution in [3.8, 4) is 5.69 Å². The number of nitrogens with zero attached hydrogens (tertiary/aromatic N) is 3. The van der Waals surface area contributed by atoms with Crippen LogP contribution in [0.5, 0.6) is 0 Å². The van der Waals surface area contributed by atoms with Gasteiger partial charge in [0.15, 0.2) is 0 Å². The molecular formula is C16H21ClN4O2. The molecule has 0 fully saturated rings. The molecule has 7 heteroatoms. The molecule has 1 aromatic heterocycles. The fourth-order valence-electron chi connectivity index (χ4n) is 2.28.